The lowest BCUT2D eigenvalue weighted by molar-refractivity contribution is -0.125. The Morgan fingerprint density at radius 3 is 2.76 bits per heavy atom. The van der Waals surface area contributed by atoms with Gasteiger partial charge in [0.25, 0.3) is 0 Å². The van der Waals surface area contributed by atoms with Crippen LogP contribution in [0.15, 0.2) is 23.8 Å². The Bertz CT molecular complexity index is 421. The third-order valence-corrected chi connectivity index (χ3v) is 6.26. The molecule has 2 rings (SSSR count). The van der Waals surface area contributed by atoms with Gasteiger partial charge in [0.1, 0.15) is 0 Å². The summed E-state index contributed by atoms with van der Waals surface area (Å²) in [5, 5.41) is 19.8. The number of aliphatic hydroxyl groups is 2. The van der Waals surface area contributed by atoms with Crippen molar-refractivity contribution in [2.75, 3.05) is 6.61 Å². The molecule has 0 aromatic rings. The van der Waals surface area contributed by atoms with Crippen LogP contribution >= 0.6 is 0 Å². The predicted molar refractivity (Wildman–Crippen MR) is 88.0 cm³/mol. The standard InChI is InChI=1S/C19H32O2/c1-14(10-13-20)6-8-16-15(2)7-9-17-18(16,3)11-5-12-19(17,4)21/h10,16-17,20-21H,2,5-9,11-13H2,1,3-4H3. The number of allylic oxidation sites excluding steroid dienone is 2. The van der Waals surface area contributed by atoms with Crippen molar-refractivity contribution >= 4 is 0 Å². The van der Waals surface area contributed by atoms with Gasteiger partial charge < -0.3 is 10.2 Å². The summed E-state index contributed by atoms with van der Waals surface area (Å²) in [4.78, 5) is 0. The normalized spacial score (nSPS) is 41.0. The van der Waals surface area contributed by atoms with E-state index in [9.17, 15) is 5.11 Å². The second-order valence-electron chi connectivity index (χ2n) is 7.79. The lowest BCUT2D eigenvalue weighted by Gasteiger charge is -2.57. The molecule has 0 aliphatic heterocycles. The van der Waals surface area contributed by atoms with Crippen LogP contribution in [0.1, 0.15) is 65.7 Å². The number of aliphatic hydroxyl groups excluding tert-OH is 1. The molecule has 0 heterocycles. The minimum Gasteiger partial charge on any atom is -0.392 e. The summed E-state index contributed by atoms with van der Waals surface area (Å²) in [5.41, 5.74) is 2.32. The van der Waals surface area contributed by atoms with Crippen LogP contribution in [-0.2, 0) is 0 Å². The lowest BCUT2D eigenvalue weighted by atomic mass is 9.49. The van der Waals surface area contributed by atoms with Crippen molar-refractivity contribution in [1.82, 2.24) is 0 Å². The summed E-state index contributed by atoms with van der Waals surface area (Å²) in [6.07, 6.45) is 9.45. The van der Waals surface area contributed by atoms with Crippen LogP contribution in [0.25, 0.3) is 0 Å². The zero-order chi connectivity index (χ0) is 15.7. The Morgan fingerprint density at radius 1 is 1.38 bits per heavy atom. The van der Waals surface area contributed by atoms with E-state index in [1.54, 1.807) is 0 Å². The van der Waals surface area contributed by atoms with Crippen molar-refractivity contribution in [1.29, 1.82) is 0 Å². The third kappa shape index (κ3) is 3.27. The maximum absolute atomic E-state index is 10.8. The lowest BCUT2D eigenvalue weighted by Crippen LogP contribution is -2.53. The van der Waals surface area contributed by atoms with Gasteiger partial charge in [-0.3, -0.25) is 0 Å². The van der Waals surface area contributed by atoms with Gasteiger partial charge in [0, 0.05) is 0 Å². The van der Waals surface area contributed by atoms with Crippen molar-refractivity contribution in [2.24, 2.45) is 17.3 Å². The van der Waals surface area contributed by atoms with Crippen LogP contribution < -0.4 is 0 Å². The summed E-state index contributed by atoms with van der Waals surface area (Å²) in [7, 11) is 0. The van der Waals surface area contributed by atoms with Crippen molar-refractivity contribution in [3.63, 3.8) is 0 Å². The largest absolute Gasteiger partial charge is 0.392 e. The number of hydrogen-bond donors (Lipinski definition) is 2. The molecule has 0 bridgehead atoms. The number of rotatable bonds is 4. The molecule has 0 saturated heterocycles. The van der Waals surface area contributed by atoms with Gasteiger partial charge >= 0.3 is 0 Å². The number of fused-ring (bicyclic) bond motifs is 1. The molecule has 2 nitrogen and oxygen atoms in total. The Balaban J connectivity index is 2.17. The van der Waals surface area contributed by atoms with Gasteiger partial charge in [-0.05, 0) is 69.6 Å². The predicted octanol–water partition coefficient (Wildman–Crippen LogP) is 4.23. The van der Waals surface area contributed by atoms with Crippen molar-refractivity contribution < 1.29 is 10.2 Å². The minimum absolute atomic E-state index is 0.131. The van der Waals surface area contributed by atoms with Crippen LogP contribution in [-0.4, -0.2) is 22.4 Å². The van der Waals surface area contributed by atoms with E-state index in [2.05, 4.69) is 20.4 Å². The van der Waals surface area contributed by atoms with Crippen molar-refractivity contribution in [2.45, 2.75) is 71.3 Å². The first-order valence-electron chi connectivity index (χ1n) is 8.48. The minimum atomic E-state index is -0.512. The maximum atomic E-state index is 10.8. The molecule has 2 N–H and O–H groups in total. The molecule has 2 heteroatoms. The van der Waals surface area contributed by atoms with E-state index in [-0.39, 0.29) is 12.0 Å². The Kier molecular flexibility index (Phi) is 4.99. The summed E-state index contributed by atoms with van der Waals surface area (Å²) >= 11 is 0. The average Bonchev–Trinajstić information content (AvgIpc) is 2.37. The highest BCUT2D eigenvalue weighted by atomic mass is 16.3. The second-order valence-corrected chi connectivity index (χ2v) is 7.79. The van der Waals surface area contributed by atoms with Gasteiger partial charge in [-0.2, -0.15) is 0 Å². The first-order chi connectivity index (χ1) is 9.81. The topological polar surface area (TPSA) is 40.5 Å². The number of hydrogen-bond acceptors (Lipinski definition) is 2. The summed E-state index contributed by atoms with van der Waals surface area (Å²) in [5.74, 6) is 0.904. The van der Waals surface area contributed by atoms with Crippen LogP contribution in [0.2, 0.25) is 0 Å². The highest BCUT2D eigenvalue weighted by molar-refractivity contribution is 5.17. The zero-order valence-electron chi connectivity index (χ0n) is 14.0. The van der Waals surface area contributed by atoms with Gasteiger partial charge in [-0.15, -0.1) is 0 Å². The smallest absolute Gasteiger partial charge is 0.0653 e. The fourth-order valence-electron chi connectivity index (χ4n) is 5.08. The fourth-order valence-corrected chi connectivity index (χ4v) is 5.08. The molecule has 0 spiro atoms. The molecule has 120 valence electrons. The molecule has 0 aromatic carbocycles. The molecule has 0 radical (unpaired) electrons. The summed E-state index contributed by atoms with van der Waals surface area (Å²) < 4.78 is 0. The SMILES string of the molecule is C=C1CCC2C(C)(O)CCCC2(C)C1CCC(C)=CCO. The molecule has 2 saturated carbocycles. The zero-order valence-corrected chi connectivity index (χ0v) is 14.0. The molecule has 21 heavy (non-hydrogen) atoms. The first kappa shape index (κ1) is 16.8. The van der Waals surface area contributed by atoms with E-state index in [1.165, 1.54) is 17.6 Å². The second kappa shape index (κ2) is 6.26. The van der Waals surface area contributed by atoms with Crippen LogP contribution in [0.4, 0.5) is 0 Å². The monoisotopic (exact) mass is 292 g/mol. The van der Waals surface area contributed by atoms with Crippen LogP contribution in [0.5, 0.6) is 0 Å². The van der Waals surface area contributed by atoms with E-state index >= 15 is 0 Å². The Hall–Kier alpha value is -0.600. The van der Waals surface area contributed by atoms with Crippen molar-refractivity contribution in [3.8, 4) is 0 Å². The van der Waals surface area contributed by atoms with Gasteiger partial charge in [0.15, 0.2) is 0 Å². The quantitative estimate of drug-likeness (QED) is 0.761. The Labute approximate surface area is 130 Å². The van der Waals surface area contributed by atoms with Crippen LogP contribution in [0, 0.1) is 17.3 Å². The molecule has 0 amide bonds. The fraction of sp³-hybridized carbons (Fsp3) is 0.789. The molecule has 2 aliphatic rings. The molecule has 0 aromatic heterocycles. The van der Waals surface area contributed by atoms with E-state index in [0.29, 0.717) is 11.8 Å². The molecular formula is C19H32O2. The summed E-state index contributed by atoms with van der Waals surface area (Å²) in [6.45, 7) is 11.0. The molecular weight excluding hydrogens is 260 g/mol. The molecule has 2 fully saturated rings. The molecule has 4 atom stereocenters. The van der Waals surface area contributed by atoms with Gasteiger partial charge in [0.05, 0.1) is 12.2 Å². The van der Waals surface area contributed by atoms with Gasteiger partial charge in [-0.25, -0.2) is 0 Å². The average molecular weight is 292 g/mol. The Morgan fingerprint density at radius 2 is 2.10 bits per heavy atom. The summed E-state index contributed by atoms with van der Waals surface area (Å²) in [6, 6.07) is 0. The highest BCUT2D eigenvalue weighted by Gasteiger charge is 2.53. The highest BCUT2D eigenvalue weighted by Crippen LogP contribution is 2.59. The first-order valence-corrected chi connectivity index (χ1v) is 8.48. The van der Waals surface area contributed by atoms with E-state index in [4.69, 9.17) is 5.11 Å². The molecule has 2 aliphatic carbocycles. The van der Waals surface area contributed by atoms with E-state index < -0.39 is 5.60 Å². The third-order valence-electron chi connectivity index (χ3n) is 6.26. The molecule has 4 unspecified atom stereocenters. The van der Waals surface area contributed by atoms with E-state index in [1.807, 2.05) is 13.0 Å². The van der Waals surface area contributed by atoms with Gasteiger partial charge in [0.2, 0.25) is 0 Å². The van der Waals surface area contributed by atoms with Crippen molar-refractivity contribution in [3.05, 3.63) is 23.8 Å². The van der Waals surface area contributed by atoms with E-state index in [0.717, 1.165) is 38.5 Å². The maximum Gasteiger partial charge on any atom is 0.0653 e. The van der Waals surface area contributed by atoms with Gasteiger partial charge in [-0.1, -0.05) is 37.1 Å². The van der Waals surface area contributed by atoms with Crippen LogP contribution in [0.3, 0.4) is 0 Å².